The largest absolute Gasteiger partial charge is 0.309 e. The van der Waals surface area contributed by atoms with E-state index in [1.165, 1.54) is 82.0 Å². The molecule has 3 atom stereocenters. The van der Waals surface area contributed by atoms with Gasteiger partial charge in [0.15, 0.2) is 17.5 Å². The van der Waals surface area contributed by atoms with Crippen molar-refractivity contribution in [2.24, 2.45) is 0 Å². The maximum absolute atomic E-state index is 5.36. The van der Waals surface area contributed by atoms with Crippen molar-refractivity contribution in [2.75, 3.05) is 0 Å². The van der Waals surface area contributed by atoms with Gasteiger partial charge in [0.25, 0.3) is 0 Å². The van der Waals surface area contributed by atoms with Gasteiger partial charge in [0, 0.05) is 94.3 Å². The van der Waals surface area contributed by atoms with Gasteiger partial charge in [-0.2, -0.15) is 0 Å². The van der Waals surface area contributed by atoms with Crippen LogP contribution >= 0.6 is 0 Å². The molecule has 23 rings (SSSR count). The number of aryl methyl sites for hydroxylation is 1. The molecule has 3 N–H and O–H groups in total. The minimum absolute atomic E-state index is 0.0232. The zero-order chi connectivity index (χ0) is 74.9. The van der Waals surface area contributed by atoms with E-state index < -0.39 is 0 Å². The summed E-state index contributed by atoms with van der Waals surface area (Å²) in [5, 5.41) is 23.7. The Morgan fingerprint density at radius 1 is 0.289 bits per heavy atom. The van der Waals surface area contributed by atoms with E-state index in [0.717, 1.165) is 131 Å². The first-order chi connectivity index (χ1) is 56.5. The smallest absolute Gasteiger partial charge is 0.165 e. The number of hydrogen-bond acceptors (Lipinski definition) is 7. The molecule has 20 aromatic rings. The van der Waals surface area contributed by atoms with Crippen molar-refractivity contribution in [3.8, 4) is 79.3 Å². The standard InChI is InChI=1S/C103H73N11/c1-3-24-68(25-4-1)98-105-99(107-101(106-98)73-49-46-64-22-7-8-26-70(64)56-73)69-50-53-76(54-51-69)112-91-41-16-12-36-81(91)86-60-87-82-37-13-17-42-92(82)113(96(87)62-95(86)112)77-32-19-28-71(57-77)65-44-47-67(48-45-65)89-55-52-74(63-104-89)102-108-100(109-103(110-102)84-39-21-27-66-23-9-10-34-79(66)84)72-29-20-33-78(58-72)114-93-43-18-14-38-83(93)88-59-85-80-35-11-15-40-90(80)111(94(85)61-97(88)114)75-30-5-2-6-31-75/h2-3,5-6,8-21,23-63,98-99,101,105-107H,1,4,7,22H2. The van der Waals surface area contributed by atoms with Crippen LogP contribution in [0.4, 0.5) is 0 Å². The van der Waals surface area contributed by atoms with Crippen LogP contribution in [0.5, 0.6) is 0 Å². The zero-order valence-corrected chi connectivity index (χ0v) is 62.2. The molecule has 3 aliphatic rings. The highest BCUT2D eigenvalue weighted by molar-refractivity contribution is 6.21. The first kappa shape index (κ1) is 65.7. The van der Waals surface area contributed by atoms with E-state index in [9.17, 15) is 0 Å². The van der Waals surface area contributed by atoms with Gasteiger partial charge in [0.1, 0.15) is 0 Å². The molecular weight excluding hydrogens is 1390 g/mol. The molecule has 0 saturated carbocycles. The molecule has 1 fully saturated rings. The van der Waals surface area contributed by atoms with Crippen molar-refractivity contribution >= 4 is 104 Å². The Hall–Kier alpha value is -14.2. The van der Waals surface area contributed by atoms with Gasteiger partial charge in [-0.15, -0.1) is 0 Å². The average Bonchev–Trinajstić information content (AvgIpc) is 1.56. The van der Waals surface area contributed by atoms with E-state index >= 15 is 0 Å². The highest BCUT2D eigenvalue weighted by Crippen LogP contribution is 2.44. The number of pyridine rings is 1. The number of para-hydroxylation sites is 5. The van der Waals surface area contributed by atoms with E-state index in [4.69, 9.17) is 19.9 Å². The lowest BCUT2D eigenvalue weighted by Gasteiger charge is -2.40. The minimum Gasteiger partial charge on any atom is -0.309 e. The van der Waals surface area contributed by atoms with Crippen LogP contribution < -0.4 is 16.0 Å². The Morgan fingerprint density at radius 3 is 1.39 bits per heavy atom. The Kier molecular flexibility index (Phi) is 15.4. The minimum atomic E-state index is -0.105. The predicted molar refractivity (Wildman–Crippen MR) is 469 cm³/mol. The van der Waals surface area contributed by atoms with Gasteiger partial charge >= 0.3 is 0 Å². The third-order valence-electron chi connectivity index (χ3n) is 23.8. The van der Waals surface area contributed by atoms with Crippen molar-refractivity contribution in [3.05, 3.63) is 380 Å². The first-order valence-electron chi connectivity index (χ1n) is 39.5. The molecule has 0 spiro atoms. The van der Waals surface area contributed by atoms with Gasteiger partial charge in [-0.05, 0) is 191 Å². The molecule has 0 bridgehead atoms. The highest BCUT2D eigenvalue weighted by atomic mass is 15.4. The van der Waals surface area contributed by atoms with Crippen LogP contribution in [0.2, 0.25) is 0 Å². The van der Waals surface area contributed by atoms with Crippen molar-refractivity contribution in [2.45, 2.75) is 44.2 Å². The van der Waals surface area contributed by atoms with Crippen molar-refractivity contribution < 1.29 is 0 Å². The van der Waals surface area contributed by atoms with E-state index in [2.05, 4.69) is 386 Å². The van der Waals surface area contributed by atoms with Crippen LogP contribution in [-0.4, -0.2) is 44.4 Å². The summed E-state index contributed by atoms with van der Waals surface area (Å²) in [6.45, 7) is 0. The van der Waals surface area contributed by atoms with Gasteiger partial charge in [-0.3, -0.25) is 20.9 Å². The number of allylic oxidation sites excluding steroid dienone is 3. The Labute approximate surface area is 657 Å². The van der Waals surface area contributed by atoms with Gasteiger partial charge in [-0.1, -0.05) is 237 Å². The molecule has 7 heterocycles. The van der Waals surface area contributed by atoms with Gasteiger partial charge < -0.3 is 18.3 Å². The van der Waals surface area contributed by atoms with Crippen LogP contribution in [0.15, 0.2) is 358 Å². The summed E-state index contributed by atoms with van der Waals surface area (Å²) >= 11 is 0. The molecule has 1 saturated heterocycles. The third kappa shape index (κ3) is 11.0. The van der Waals surface area contributed by atoms with E-state index in [1.54, 1.807) is 0 Å². The molecule has 0 radical (unpaired) electrons. The highest BCUT2D eigenvalue weighted by Gasteiger charge is 2.32. The summed E-state index contributed by atoms with van der Waals surface area (Å²) in [5.41, 5.74) is 26.5. The Bertz CT molecular complexity index is 7390. The summed E-state index contributed by atoms with van der Waals surface area (Å²) in [5.74, 6) is 1.68. The second-order valence-corrected chi connectivity index (χ2v) is 30.4. The molecule has 11 heteroatoms. The second-order valence-electron chi connectivity index (χ2n) is 30.4. The van der Waals surface area contributed by atoms with Gasteiger partial charge in [0.05, 0.1) is 68.3 Å². The number of hydrogen-bond donors (Lipinski definition) is 3. The average molecular weight is 1460 g/mol. The molecule has 114 heavy (non-hydrogen) atoms. The van der Waals surface area contributed by atoms with Gasteiger partial charge in [-0.25, -0.2) is 15.0 Å². The van der Waals surface area contributed by atoms with Crippen LogP contribution in [0, 0.1) is 0 Å². The molecule has 2 aliphatic carbocycles. The number of nitrogens with zero attached hydrogens (tertiary/aromatic N) is 8. The predicted octanol–water partition coefficient (Wildman–Crippen LogP) is 24.2. The fourth-order valence-corrected chi connectivity index (χ4v) is 18.4. The van der Waals surface area contributed by atoms with E-state index in [-0.39, 0.29) is 18.5 Å². The molecule has 1 aliphatic heterocycles. The second kappa shape index (κ2) is 26.8. The fraction of sp³-hybridized carbons (Fsp3) is 0.0680. The Morgan fingerprint density at radius 2 is 0.772 bits per heavy atom. The number of benzene rings is 14. The van der Waals surface area contributed by atoms with Crippen LogP contribution in [0.3, 0.4) is 0 Å². The van der Waals surface area contributed by atoms with Crippen LogP contribution in [0.25, 0.3) is 183 Å². The maximum atomic E-state index is 5.36. The third-order valence-corrected chi connectivity index (χ3v) is 23.8. The van der Waals surface area contributed by atoms with Crippen molar-refractivity contribution in [1.29, 1.82) is 0 Å². The normalized spacial score (nSPS) is 15.7. The maximum Gasteiger partial charge on any atom is 0.165 e. The molecule has 540 valence electrons. The van der Waals surface area contributed by atoms with E-state index in [0.29, 0.717) is 17.5 Å². The summed E-state index contributed by atoms with van der Waals surface area (Å²) in [7, 11) is 0. The van der Waals surface area contributed by atoms with Crippen LogP contribution in [-0.2, 0) is 6.42 Å². The number of aromatic nitrogens is 8. The lowest BCUT2D eigenvalue weighted by molar-refractivity contribution is 0.223. The van der Waals surface area contributed by atoms with Gasteiger partial charge in [0.2, 0.25) is 0 Å². The van der Waals surface area contributed by atoms with Crippen molar-refractivity contribution in [1.82, 2.24) is 54.2 Å². The molecule has 3 unspecified atom stereocenters. The molecule has 14 aromatic carbocycles. The van der Waals surface area contributed by atoms with Crippen LogP contribution in [0.1, 0.15) is 53.8 Å². The number of nitrogens with one attached hydrogen (secondary N) is 3. The SMILES string of the molecule is C1=CC(C2NC(c3ccc(-n4c5ccccc5c5cc6c7ccccc7n(-c7cccc(-c8ccc(-c9ccc(-c%10nc(-c%11cccc(-n%12c%13ccccc%13c%13cc%14c%15ccccc%15n(-c%15ccccc%15)c%14cc%13%12)c%11)nc(-c%11cccc%12ccccc%11%12)n%10)cn9)cc8)c7)c6cc54)cc3)NC(c3ccc4c(c3)C=CCC4)N2)=CCC1. The summed E-state index contributed by atoms with van der Waals surface area (Å²) in [4.78, 5) is 21.1. The molecule has 6 aromatic heterocycles. The molecule has 0 amide bonds. The zero-order valence-electron chi connectivity index (χ0n) is 62.2. The fourth-order valence-electron chi connectivity index (χ4n) is 18.4. The van der Waals surface area contributed by atoms with E-state index in [1.807, 2.05) is 6.20 Å². The molecular formula is C103H73N11. The monoisotopic (exact) mass is 1460 g/mol. The van der Waals surface area contributed by atoms with Crippen molar-refractivity contribution in [3.63, 3.8) is 0 Å². The lowest BCUT2D eigenvalue weighted by Crippen LogP contribution is -2.59. The number of fused-ring (bicyclic) bond motifs is 14. The quantitative estimate of drug-likeness (QED) is 0.112. The Balaban J connectivity index is 0.568. The number of rotatable bonds is 12. The first-order valence-corrected chi connectivity index (χ1v) is 39.5. The lowest BCUT2D eigenvalue weighted by atomic mass is 9.94. The topological polar surface area (TPSA) is 107 Å². The summed E-state index contributed by atoms with van der Waals surface area (Å²) < 4.78 is 9.68. The summed E-state index contributed by atoms with van der Waals surface area (Å²) in [6.07, 6.45) is 17.6. The summed E-state index contributed by atoms with van der Waals surface area (Å²) in [6, 6.07) is 117. The molecule has 11 nitrogen and oxygen atoms in total.